The van der Waals surface area contributed by atoms with E-state index >= 15 is 0 Å². The first-order chi connectivity index (χ1) is 10.2. The molecule has 4 heteroatoms. The molecule has 1 unspecified atom stereocenters. The minimum Gasteiger partial charge on any atom is -0.330 e. The van der Waals surface area contributed by atoms with Crippen LogP contribution in [0.2, 0.25) is 0 Å². The molecule has 3 aromatic rings. The number of aromatic nitrogens is 3. The van der Waals surface area contributed by atoms with Crippen LogP contribution in [-0.4, -0.2) is 14.5 Å². The van der Waals surface area contributed by atoms with E-state index in [9.17, 15) is 0 Å². The summed E-state index contributed by atoms with van der Waals surface area (Å²) in [5.41, 5.74) is 3.44. The van der Waals surface area contributed by atoms with Crippen molar-refractivity contribution in [3.8, 4) is 0 Å². The molecule has 2 atom stereocenters. The Labute approximate surface area is 124 Å². The van der Waals surface area contributed by atoms with Crippen LogP contribution in [0.15, 0.2) is 48.8 Å². The largest absolute Gasteiger partial charge is 0.330 e. The lowest BCUT2D eigenvalue weighted by molar-refractivity contribution is 0.468. The number of rotatable bonds is 4. The SMILES string of the molecule is CC(N[C@H](C)c1ccncc1)c1nc2ccccc2n1C. The summed E-state index contributed by atoms with van der Waals surface area (Å²) < 4.78 is 2.16. The molecule has 1 aromatic carbocycles. The monoisotopic (exact) mass is 280 g/mol. The van der Waals surface area contributed by atoms with Crippen molar-refractivity contribution in [1.82, 2.24) is 19.9 Å². The van der Waals surface area contributed by atoms with E-state index in [0.29, 0.717) is 0 Å². The van der Waals surface area contributed by atoms with E-state index < -0.39 is 0 Å². The van der Waals surface area contributed by atoms with Crippen molar-refractivity contribution in [1.29, 1.82) is 0 Å². The first kappa shape index (κ1) is 13.8. The van der Waals surface area contributed by atoms with Gasteiger partial charge in [-0.2, -0.15) is 0 Å². The van der Waals surface area contributed by atoms with E-state index in [1.165, 1.54) is 5.56 Å². The number of aryl methyl sites for hydroxylation is 1. The van der Waals surface area contributed by atoms with Gasteiger partial charge < -0.3 is 9.88 Å². The molecule has 1 N–H and O–H groups in total. The van der Waals surface area contributed by atoms with Gasteiger partial charge in [-0.3, -0.25) is 4.98 Å². The Balaban J connectivity index is 1.84. The number of para-hydroxylation sites is 2. The summed E-state index contributed by atoms with van der Waals surface area (Å²) in [6.45, 7) is 4.31. The Morgan fingerprint density at radius 1 is 1.00 bits per heavy atom. The van der Waals surface area contributed by atoms with Crippen molar-refractivity contribution in [3.05, 3.63) is 60.2 Å². The molecule has 2 heterocycles. The van der Waals surface area contributed by atoms with E-state index in [1.54, 1.807) is 0 Å². The zero-order valence-corrected chi connectivity index (χ0v) is 12.6. The van der Waals surface area contributed by atoms with Crippen LogP contribution in [0.25, 0.3) is 11.0 Å². The number of fused-ring (bicyclic) bond motifs is 1. The molecule has 0 spiro atoms. The predicted octanol–water partition coefficient (Wildman–Crippen LogP) is 3.38. The van der Waals surface area contributed by atoms with Gasteiger partial charge in [0.25, 0.3) is 0 Å². The maximum Gasteiger partial charge on any atom is 0.126 e. The fourth-order valence-electron chi connectivity index (χ4n) is 2.75. The average molecular weight is 280 g/mol. The third-order valence-corrected chi connectivity index (χ3v) is 3.92. The summed E-state index contributed by atoms with van der Waals surface area (Å²) in [5, 5.41) is 3.60. The lowest BCUT2D eigenvalue weighted by atomic mass is 10.1. The van der Waals surface area contributed by atoms with Crippen molar-refractivity contribution in [3.63, 3.8) is 0 Å². The number of nitrogens with zero attached hydrogens (tertiary/aromatic N) is 3. The van der Waals surface area contributed by atoms with Crippen molar-refractivity contribution in [2.24, 2.45) is 7.05 Å². The molecule has 0 amide bonds. The highest BCUT2D eigenvalue weighted by molar-refractivity contribution is 5.75. The van der Waals surface area contributed by atoms with Gasteiger partial charge in [-0.05, 0) is 43.7 Å². The Hall–Kier alpha value is -2.20. The molecule has 0 saturated heterocycles. The second-order valence-electron chi connectivity index (χ2n) is 5.41. The molecule has 2 aromatic heterocycles. The number of pyridine rings is 1. The Bertz CT molecular complexity index is 733. The smallest absolute Gasteiger partial charge is 0.126 e. The van der Waals surface area contributed by atoms with E-state index in [2.05, 4.69) is 47.9 Å². The Morgan fingerprint density at radius 2 is 1.71 bits per heavy atom. The summed E-state index contributed by atoms with van der Waals surface area (Å²) in [5.74, 6) is 1.05. The summed E-state index contributed by atoms with van der Waals surface area (Å²) in [4.78, 5) is 8.81. The first-order valence-electron chi connectivity index (χ1n) is 7.24. The van der Waals surface area contributed by atoms with Crippen molar-refractivity contribution in [2.45, 2.75) is 25.9 Å². The van der Waals surface area contributed by atoms with Gasteiger partial charge in [0.15, 0.2) is 0 Å². The maximum atomic E-state index is 4.75. The minimum absolute atomic E-state index is 0.172. The summed E-state index contributed by atoms with van der Waals surface area (Å²) in [7, 11) is 2.07. The van der Waals surface area contributed by atoms with Gasteiger partial charge in [0.05, 0.1) is 17.1 Å². The molecule has 0 aliphatic rings. The Kier molecular flexibility index (Phi) is 3.71. The van der Waals surface area contributed by atoms with Crippen molar-refractivity contribution in [2.75, 3.05) is 0 Å². The fraction of sp³-hybridized carbons (Fsp3) is 0.294. The number of nitrogens with one attached hydrogen (secondary N) is 1. The minimum atomic E-state index is 0.172. The van der Waals surface area contributed by atoms with Crippen LogP contribution in [0.1, 0.15) is 37.3 Å². The predicted molar refractivity (Wildman–Crippen MR) is 84.9 cm³/mol. The van der Waals surface area contributed by atoms with Crippen LogP contribution < -0.4 is 5.32 Å². The van der Waals surface area contributed by atoms with Crippen LogP contribution in [-0.2, 0) is 7.05 Å². The molecular formula is C17H20N4. The quantitative estimate of drug-likeness (QED) is 0.796. The zero-order valence-electron chi connectivity index (χ0n) is 12.6. The van der Waals surface area contributed by atoms with Crippen LogP contribution in [0, 0.1) is 0 Å². The third kappa shape index (κ3) is 2.67. The van der Waals surface area contributed by atoms with Crippen molar-refractivity contribution >= 4 is 11.0 Å². The zero-order chi connectivity index (χ0) is 14.8. The molecule has 0 fully saturated rings. The molecule has 0 radical (unpaired) electrons. The normalized spacial score (nSPS) is 14.2. The van der Waals surface area contributed by atoms with Gasteiger partial charge in [-0.25, -0.2) is 4.98 Å². The van der Waals surface area contributed by atoms with Gasteiger partial charge in [0.1, 0.15) is 5.82 Å². The highest BCUT2D eigenvalue weighted by Crippen LogP contribution is 2.22. The highest BCUT2D eigenvalue weighted by Gasteiger charge is 2.16. The molecule has 4 nitrogen and oxygen atoms in total. The summed E-state index contributed by atoms with van der Waals surface area (Å²) in [6.07, 6.45) is 3.65. The van der Waals surface area contributed by atoms with E-state index in [0.717, 1.165) is 16.9 Å². The van der Waals surface area contributed by atoms with Crippen LogP contribution in [0.5, 0.6) is 0 Å². The van der Waals surface area contributed by atoms with E-state index in [-0.39, 0.29) is 12.1 Å². The van der Waals surface area contributed by atoms with Gasteiger partial charge in [0, 0.05) is 25.5 Å². The molecule has 0 aliphatic heterocycles. The second-order valence-corrected chi connectivity index (χ2v) is 5.41. The molecule has 21 heavy (non-hydrogen) atoms. The maximum absolute atomic E-state index is 4.75. The van der Waals surface area contributed by atoms with Gasteiger partial charge >= 0.3 is 0 Å². The van der Waals surface area contributed by atoms with Gasteiger partial charge in [0.2, 0.25) is 0 Å². The van der Waals surface area contributed by atoms with Crippen molar-refractivity contribution < 1.29 is 0 Å². The molecule has 0 saturated carbocycles. The third-order valence-electron chi connectivity index (χ3n) is 3.92. The van der Waals surface area contributed by atoms with Gasteiger partial charge in [-0.15, -0.1) is 0 Å². The van der Waals surface area contributed by atoms with Crippen LogP contribution in [0.3, 0.4) is 0 Å². The molecular weight excluding hydrogens is 260 g/mol. The van der Waals surface area contributed by atoms with Crippen LogP contribution >= 0.6 is 0 Å². The van der Waals surface area contributed by atoms with E-state index in [4.69, 9.17) is 4.98 Å². The fourth-order valence-corrected chi connectivity index (χ4v) is 2.75. The standard InChI is InChI=1S/C17H20N4/c1-12(14-8-10-18-11-9-14)19-13(2)17-20-15-6-4-5-7-16(15)21(17)3/h4-13,19H,1-3H3/t12-,13?/m1/s1. The molecule has 0 aliphatic carbocycles. The van der Waals surface area contributed by atoms with E-state index in [1.807, 2.05) is 36.7 Å². The number of hydrogen-bond donors (Lipinski definition) is 1. The lowest BCUT2D eigenvalue weighted by Gasteiger charge is -2.20. The topological polar surface area (TPSA) is 42.7 Å². The average Bonchev–Trinajstić information content (AvgIpc) is 2.86. The van der Waals surface area contributed by atoms with Crippen LogP contribution in [0.4, 0.5) is 0 Å². The van der Waals surface area contributed by atoms with Gasteiger partial charge in [-0.1, -0.05) is 12.1 Å². The Morgan fingerprint density at radius 3 is 2.43 bits per heavy atom. The lowest BCUT2D eigenvalue weighted by Crippen LogP contribution is -2.24. The number of benzene rings is 1. The first-order valence-corrected chi connectivity index (χ1v) is 7.24. The molecule has 0 bridgehead atoms. The number of imidazole rings is 1. The summed E-state index contributed by atoms with van der Waals surface area (Å²) >= 11 is 0. The highest BCUT2D eigenvalue weighted by atomic mass is 15.1. The summed E-state index contributed by atoms with van der Waals surface area (Å²) in [6, 6.07) is 12.7. The molecule has 3 rings (SSSR count). The molecule has 108 valence electrons. The number of hydrogen-bond acceptors (Lipinski definition) is 3. The second kappa shape index (κ2) is 5.66.